The number of nitrogens with one attached hydrogen (secondary N) is 1. The summed E-state index contributed by atoms with van der Waals surface area (Å²) in [5.41, 5.74) is 1.59. The molecule has 0 atom stereocenters. The van der Waals surface area contributed by atoms with Crippen molar-refractivity contribution >= 4 is 27.3 Å². The van der Waals surface area contributed by atoms with E-state index >= 15 is 0 Å². The maximum absolute atomic E-state index is 13.0. The van der Waals surface area contributed by atoms with Gasteiger partial charge in [-0.1, -0.05) is 36.4 Å². The van der Waals surface area contributed by atoms with Crippen molar-refractivity contribution in [2.45, 2.75) is 16.7 Å². The number of benzene rings is 2. The lowest BCUT2D eigenvalue weighted by Gasteiger charge is -2.27. The van der Waals surface area contributed by atoms with Gasteiger partial charge in [0.1, 0.15) is 15.7 Å². The summed E-state index contributed by atoms with van der Waals surface area (Å²) in [5, 5.41) is 8.03. The van der Waals surface area contributed by atoms with E-state index in [0.29, 0.717) is 16.4 Å². The Hall–Kier alpha value is -2.68. The van der Waals surface area contributed by atoms with E-state index in [1.54, 1.807) is 6.07 Å². The lowest BCUT2D eigenvalue weighted by atomic mass is 9.87. The van der Waals surface area contributed by atoms with Crippen LogP contribution in [0.5, 0.6) is 11.5 Å². The van der Waals surface area contributed by atoms with E-state index in [9.17, 15) is 13.2 Å². The standard InChI is InChI=1S/C19H16N2O4S2/c20-27(23,24)17-10-9-12(26-17)11-21-19(22)18-13-5-1-3-7-15(13)25-16-8-4-2-6-14(16)18/h1-10,18H,11H2,(H,21,22)(H2,20,23,24). The predicted octanol–water partition coefficient (Wildman–Crippen LogP) is 2.95. The molecular formula is C19H16N2O4S2. The van der Waals surface area contributed by atoms with Gasteiger partial charge in [0.25, 0.3) is 0 Å². The first-order valence-corrected chi connectivity index (χ1v) is 10.5. The Morgan fingerprint density at radius 1 is 1.00 bits per heavy atom. The Kier molecular flexibility index (Phi) is 4.47. The van der Waals surface area contributed by atoms with Crippen LogP contribution in [0.1, 0.15) is 21.9 Å². The van der Waals surface area contributed by atoms with Gasteiger partial charge in [-0.05, 0) is 24.3 Å². The zero-order valence-electron chi connectivity index (χ0n) is 14.1. The number of para-hydroxylation sites is 2. The number of rotatable bonds is 4. The lowest BCUT2D eigenvalue weighted by Crippen LogP contribution is -2.31. The van der Waals surface area contributed by atoms with E-state index in [1.807, 2.05) is 48.5 Å². The van der Waals surface area contributed by atoms with E-state index in [1.165, 1.54) is 6.07 Å². The Labute approximate surface area is 160 Å². The number of hydrogen-bond acceptors (Lipinski definition) is 5. The largest absolute Gasteiger partial charge is 0.457 e. The molecule has 1 amide bonds. The molecule has 3 N–H and O–H groups in total. The van der Waals surface area contributed by atoms with Gasteiger partial charge < -0.3 is 10.1 Å². The molecule has 0 saturated carbocycles. The summed E-state index contributed by atoms with van der Waals surface area (Å²) in [5.74, 6) is 0.639. The molecule has 0 aliphatic carbocycles. The van der Waals surface area contributed by atoms with Crippen molar-refractivity contribution in [1.82, 2.24) is 5.32 Å². The fourth-order valence-corrected chi connectivity index (χ4v) is 4.79. The van der Waals surface area contributed by atoms with Crippen molar-refractivity contribution in [3.8, 4) is 11.5 Å². The van der Waals surface area contributed by atoms with Gasteiger partial charge in [0.05, 0.1) is 12.5 Å². The van der Waals surface area contributed by atoms with Gasteiger partial charge in [0.15, 0.2) is 0 Å². The van der Waals surface area contributed by atoms with E-state index in [4.69, 9.17) is 9.88 Å². The number of nitrogens with two attached hydrogens (primary N) is 1. The molecule has 1 aromatic heterocycles. The number of primary sulfonamides is 1. The second kappa shape index (κ2) is 6.80. The number of fused-ring (bicyclic) bond motifs is 2. The van der Waals surface area contributed by atoms with Crippen LogP contribution < -0.4 is 15.2 Å². The van der Waals surface area contributed by atoms with Crippen LogP contribution in [0.2, 0.25) is 0 Å². The molecule has 27 heavy (non-hydrogen) atoms. The highest BCUT2D eigenvalue weighted by atomic mass is 32.2. The fourth-order valence-electron chi connectivity index (χ4n) is 3.07. The van der Waals surface area contributed by atoms with Crippen LogP contribution in [0, 0.1) is 0 Å². The van der Waals surface area contributed by atoms with E-state index < -0.39 is 15.9 Å². The first kappa shape index (κ1) is 17.7. The molecule has 2 aromatic carbocycles. The Balaban J connectivity index is 1.60. The number of thiophene rings is 1. The summed E-state index contributed by atoms with van der Waals surface area (Å²) in [7, 11) is -3.73. The summed E-state index contributed by atoms with van der Waals surface area (Å²) < 4.78 is 28.8. The first-order chi connectivity index (χ1) is 12.9. The topological polar surface area (TPSA) is 98.5 Å². The molecule has 4 rings (SSSR count). The minimum absolute atomic E-state index is 0.0773. The van der Waals surface area contributed by atoms with Crippen molar-refractivity contribution < 1.29 is 17.9 Å². The highest BCUT2D eigenvalue weighted by Crippen LogP contribution is 2.43. The SMILES string of the molecule is NS(=O)(=O)c1ccc(CNC(=O)C2c3ccccc3Oc3ccccc32)s1. The third-order valence-corrected chi connectivity index (χ3v) is 6.82. The van der Waals surface area contributed by atoms with Gasteiger partial charge in [-0.25, -0.2) is 13.6 Å². The molecule has 2 heterocycles. The molecule has 1 aliphatic rings. The summed E-state index contributed by atoms with van der Waals surface area (Å²) in [6.45, 7) is 0.223. The Morgan fingerprint density at radius 2 is 1.59 bits per heavy atom. The van der Waals surface area contributed by atoms with Crippen LogP contribution in [0.3, 0.4) is 0 Å². The molecule has 0 spiro atoms. The average molecular weight is 400 g/mol. The van der Waals surface area contributed by atoms with Crippen LogP contribution in [0.15, 0.2) is 64.9 Å². The molecule has 0 bridgehead atoms. The van der Waals surface area contributed by atoms with E-state index in [-0.39, 0.29) is 16.7 Å². The van der Waals surface area contributed by atoms with Crippen molar-refractivity contribution in [1.29, 1.82) is 0 Å². The van der Waals surface area contributed by atoms with Crippen LogP contribution >= 0.6 is 11.3 Å². The normalized spacial score (nSPS) is 13.4. The second-order valence-electron chi connectivity index (χ2n) is 6.09. The van der Waals surface area contributed by atoms with Gasteiger partial charge >= 0.3 is 0 Å². The number of hydrogen-bond donors (Lipinski definition) is 2. The highest BCUT2D eigenvalue weighted by Gasteiger charge is 2.32. The summed E-state index contributed by atoms with van der Waals surface area (Å²) in [6.07, 6.45) is 0. The summed E-state index contributed by atoms with van der Waals surface area (Å²) in [6, 6.07) is 18.0. The number of carbonyl (C=O) groups excluding carboxylic acids is 1. The number of amides is 1. The molecule has 6 nitrogen and oxygen atoms in total. The minimum atomic E-state index is -3.73. The molecular weight excluding hydrogens is 384 g/mol. The maximum Gasteiger partial charge on any atom is 0.247 e. The summed E-state index contributed by atoms with van der Waals surface area (Å²) >= 11 is 1.05. The lowest BCUT2D eigenvalue weighted by molar-refractivity contribution is -0.122. The highest BCUT2D eigenvalue weighted by molar-refractivity contribution is 7.91. The van der Waals surface area contributed by atoms with Crippen LogP contribution in [-0.4, -0.2) is 14.3 Å². The third kappa shape index (κ3) is 3.46. The molecule has 3 aromatic rings. The van der Waals surface area contributed by atoms with Gasteiger partial charge in [-0.2, -0.15) is 0 Å². The average Bonchev–Trinajstić information content (AvgIpc) is 3.13. The van der Waals surface area contributed by atoms with Crippen LogP contribution in [0.4, 0.5) is 0 Å². The van der Waals surface area contributed by atoms with Gasteiger partial charge in [-0.15, -0.1) is 11.3 Å². The van der Waals surface area contributed by atoms with Crippen molar-refractivity contribution in [3.05, 3.63) is 76.7 Å². The quantitative estimate of drug-likeness (QED) is 0.703. The Bertz CT molecular complexity index is 1080. The number of ether oxygens (including phenoxy) is 1. The smallest absolute Gasteiger partial charge is 0.247 e. The van der Waals surface area contributed by atoms with E-state index in [0.717, 1.165) is 22.5 Å². The van der Waals surface area contributed by atoms with Crippen LogP contribution in [-0.2, 0) is 21.4 Å². The Morgan fingerprint density at radius 3 is 2.15 bits per heavy atom. The molecule has 0 fully saturated rings. The molecule has 0 unspecified atom stereocenters. The molecule has 0 radical (unpaired) electrons. The molecule has 8 heteroatoms. The maximum atomic E-state index is 13.0. The van der Waals surface area contributed by atoms with Gasteiger partial charge in [-0.3, -0.25) is 4.79 Å². The monoisotopic (exact) mass is 400 g/mol. The minimum Gasteiger partial charge on any atom is -0.457 e. The molecule has 0 saturated heterocycles. The second-order valence-corrected chi connectivity index (χ2v) is 9.05. The predicted molar refractivity (Wildman–Crippen MR) is 102 cm³/mol. The first-order valence-electron chi connectivity index (χ1n) is 8.18. The van der Waals surface area contributed by atoms with Crippen molar-refractivity contribution in [3.63, 3.8) is 0 Å². The number of sulfonamides is 1. The summed E-state index contributed by atoms with van der Waals surface area (Å²) in [4.78, 5) is 13.7. The number of carbonyl (C=O) groups is 1. The molecule has 138 valence electrons. The van der Waals surface area contributed by atoms with Gasteiger partial charge in [0, 0.05) is 16.0 Å². The fraction of sp³-hybridized carbons (Fsp3) is 0.105. The zero-order valence-corrected chi connectivity index (χ0v) is 15.7. The van der Waals surface area contributed by atoms with Crippen LogP contribution in [0.25, 0.3) is 0 Å². The zero-order chi connectivity index (χ0) is 19.0. The third-order valence-electron chi connectivity index (χ3n) is 4.30. The van der Waals surface area contributed by atoms with Gasteiger partial charge in [0.2, 0.25) is 15.9 Å². The van der Waals surface area contributed by atoms with Crippen molar-refractivity contribution in [2.75, 3.05) is 0 Å². The van der Waals surface area contributed by atoms with Crippen molar-refractivity contribution in [2.24, 2.45) is 5.14 Å². The van der Waals surface area contributed by atoms with E-state index in [2.05, 4.69) is 5.32 Å². The molecule has 1 aliphatic heterocycles.